The predicted octanol–water partition coefficient (Wildman–Crippen LogP) is 3.49. The Morgan fingerprint density at radius 2 is 1.76 bits per heavy atom. The summed E-state index contributed by atoms with van der Waals surface area (Å²) in [5.74, 6) is 0. The molecule has 0 saturated heterocycles. The number of nitrogens with zero attached hydrogens (tertiary/aromatic N) is 1. The minimum absolute atomic E-state index is 1.07. The third kappa shape index (κ3) is 1.98. The molecule has 17 heavy (non-hydrogen) atoms. The summed E-state index contributed by atoms with van der Waals surface area (Å²) < 4.78 is 3.16. The van der Waals surface area contributed by atoms with Crippen LogP contribution in [0.5, 0.6) is 0 Å². The Balaban J connectivity index is 2.14. The Bertz CT molecular complexity index is 668. The van der Waals surface area contributed by atoms with E-state index in [0.29, 0.717) is 0 Å². The van der Waals surface area contributed by atoms with Crippen molar-refractivity contribution in [1.82, 2.24) is 4.98 Å². The fourth-order valence-corrected chi connectivity index (χ4v) is 2.24. The summed E-state index contributed by atoms with van der Waals surface area (Å²) in [6.07, 6.45) is 4.15. The van der Waals surface area contributed by atoms with Crippen molar-refractivity contribution < 1.29 is 4.40 Å². The Kier molecular flexibility index (Phi) is 2.48. The topological polar surface area (TPSA) is 19.9 Å². The maximum atomic E-state index is 3.47. The Hall–Kier alpha value is -1.61. The van der Waals surface area contributed by atoms with E-state index in [-0.39, 0.29) is 0 Å². The van der Waals surface area contributed by atoms with Crippen LogP contribution in [0.1, 0.15) is 5.56 Å². The third-order valence-electron chi connectivity index (χ3n) is 2.83. The highest BCUT2D eigenvalue weighted by Crippen LogP contribution is 2.18. The Labute approximate surface area is 108 Å². The monoisotopic (exact) mass is 287 g/mol. The molecule has 0 saturated carbocycles. The molecule has 0 radical (unpaired) electrons. The summed E-state index contributed by atoms with van der Waals surface area (Å²) in [6.45, 7) is 2.10. The summed E-state index contributed by atoms with van der Waals surface area (Å²) in [4.78, 5) is 3.40. The molecular weight excluding hydrogens is 276 g/mol. The Morgan fingerprint density at radius 1 is 1.00 bits per heavy atom. The van der Waals surface area contributed by atoms with Crippen LogP contribution in [-0.4, -0.2) is 4.98 Å². The number of hydrogen-bond acceptors (Lipinski definition) is 0. The summed E-state index contributed by atoms with van der Waals surface area (Å²) in [6, 6.07) is 12.6. The second kappa shape index (κ2) is 4.00. The average molecular weight is 288 g/mol. The van der Waals surface area contributed by atoms with Crippen LogP contribution in [-0.2, 0) is 0 Å². The number of nitrogens with one attached hydrogen (secondary N) is 1. The number of benzene rings is 1. The molecule has 0 bridgehead atoms. The maximum Gasteiger partial charge on any atom is 0.284 e. The highest BCUT2D eigenvalue weighted by Gasteiger charge is 2.10. The van der Waals surface area contributed by atoms with Gasteiger partial charge in [-0.2, -0.15) is 0 Å². The smallest absolute Gasteiger partial charge is 0.237 e. The zero-order valence-electron chi connectivity index (χ0n) is 9.44. The standard InChI is InChI=1S/C14H11BrN2/c1-10-2-4-11(5-3-10)13-9-17-8-12(15)6-7-14(17)16-13/h2-9H,1H3/p+1. The SMILES string of the molecule is Cc1ccc(-c2c[n+]3cc(Br)ccc3[nH]2)cc1. The summed E-state index contributed by atoms with van der Waals surface area (Å²) in [5.41, 5.74) is 4.70. The van der Waals surface area contributed by atoms with Crippen LogP contribution in [0, 0.1) is 6.92 Å². The summed E-state index contributed by atoms with van der Waals surface area (Å²) >= 11 is 3.47. The number of halogens is 1. The zero-order chi connectivity index (χ0) is 11.8. The molecule has 0 aliphatic rings. The first-order valence-corrected chi connectivity index (χ1v) is 6.28. The molecule has 1 N–H and O–H groups in total. The van der Waals surface area contributed by atoms with Crippen LogP contribution < -0.4 is 4.40 Å². The number of aromatic nitrogens is 2. The van der Waals surface area contributed by atoms with Gasteiger partial charge < -0.3 is 0 Å². The van der Waals surface area contributed by atoms with Gasteiger partial charge in [-0.05, 0) is 28.9 Å². The van der Waals surface area contributed by atoms with Gasteiger partial charge in [0.2, 0.25) is 0 Å². The quantitative estimate of drug-likeness (QED) is 0.661. The number of hydrogen-bond donors (Lipinski definition) is 1. The lowest BCUT2D eigenvalue weighted by Gasteiger charge is -1.93. The van der Waals surface area contributed by atoms with Crippen LogP contribution in [0.15, 0.2) is 53.3 Å². The number of rotatable bonds is 1. The van der Waals surface area contributed by atoms with Crippen LogP contribution in [0.25, 0.3) is 16.9 Å². The first-order valence-electron chi connectivity index (χ1n) is 5.49. The molecule has 0 unspecified atom stereocenters. The van der Waals surface area contributed by atoms with Gasteiger partial charge in [-0.1, -0.05) is 29.8 Å². The van der Waals surface area contributed by atoms with Crippen LogP contribution in [0.4, 0.5) is 0 Å². The largest absolute Gasteiger partial charge is 0.284 e. The molecule has 3 heteroatoms. The average Bonchev–Trinajstić information content (AvgIpc) is 2.72. The van der Waals surface area contributed by atoms with E-state index in [0.717, 1.165) is 15.8 Å². The van der Waals surface area contributed by atoms with E-state index in [4.69, 9.17) is 0 Å². The van der Waals surface area contributed by atoms with Crippen LogP contribution in [0.2, 0.25) is 0 Å². The van der Waals surface area contributed by atoms with Gasteiger partial charge in [0.1, 0.15) is 12.4 Å². The second-order valence-electron chi connectivity index (χ2n) is 4.17. The van der Waals surface area contributed by atoms with Crippen molar-refractivity contribution in [2.45, 2.75) is 6.92 Å². The third-order valence-corrected chi connectivity index (χ3v) is 3.30. The molecule has 2 heterocycles. The van der Waals surface area contributed by atoms with Crippen LogP contribution in [0.3, 0.4) is 0 Å². The van der Waals surface area contributed by atoms with Gasteiger partial charge in [-0.15, -0.1) is 0 Å². The zero-order valence-corrected chi connectivity index (χ0v) is 11.0. The van der Waals surface area contributed by atoms with Gasteiger partial charge in [0.05, 0.1) is 4.47 Å². The summed E-state index contributed by atoms with van der Waals surface area (Å²) in [5, 5.41) is 0. The van der Waals surface area contributed by atoms with Crippen molar-refractivity contribution in [3.8, 4) is 11.3 Å². The fourth-order valence-electron chi connectivity index (χ4n) is 1.89. The molecular formula is C14H12BrN2+. The van der Waals surface area contributed by atoms with E-state index in [1.807, 2.05) is 12.3 Å². The first kappa shape index (κ1) is 10.5. The lowest BCUT2D eigenvalue weighted by Crippen LogP contribution is -2.16. The van der Waals surface area contributed by atoms with E-state index in [1.54, 1.807) is 0 Å². The number of pyridine rings is 1. The molecule has 0 fully saturated rings. The molecule has 3 aromatic rings. The van der Waals surface area contributed by atoms with Gasteiger partial charge in [0.25, 0.3) is 5.65 Å². The predicted molar refractivity (Wildman–Crippen MR) is 71.8 cm³/mol. The van der Waals surface area contributed by atoms with Crippen molar-refractivity contribution in [2.75, 3.05) is 0 Å². The number of fused-ring (bicyclic) bond motifs is 1. The molecule has 2 aromatic heterocycles. The van der Waals surface area contributed by atoms with E-state index in [1.165, 1.54) is 11.1 Å². The van der Waals surface area contributed by atoms with Crippen LogP contribution >= 0.6 is 15.9 Å². The Morgan fingerprint density at radius 3 is 2.53 bits per heavy atom. The fraction of sp³-hybridized carbons (Fsp3) is 0.0714. The molecule has 2 nitrogen and oxygen atoms in total. The number of imidazole rings is 1. The molecule has 0 spiro atoms. The van der Waals surface area contributed by atoms with E-state index < -0.39 is 0 Å². The van der Waals surface area contributed by atoms with Crippen molar-refractivity contribution in [2.24, 2.45) is 0 Å². The van der Waals surface area contributed by atoms with Crippen molar-refractivity contribution in [3.05, 3.63) is 58.8 Å². The van der Waals surface area contributed by atoms with Crippen molar-refractivity contribution in [3.63, 3.8) is 0 Å². The lowest BCUT2D eigenvalue weighted by atomic mass is 10.1. The lowest BCUT2D eigenvalue weighted by molar-refractivity contribution is -0.510. The second-order valence-corrected chi connectivity index (χ2v) is 5.09. The number of aromatic amines is 1. The van der Waals surface area contributed by atoms with Gasteiger partial charge in [0, 0.05) is 11.6 Å². The molecule has 0 aliphatic carbocycles. The molecule has 0 aliphatic heterocycles. The highest BCUT2D eigenvalue weighted by atomic mass is 79.9. The van der Waals surface area contributed by atoms with E-state index >= 15 is 0 Å². The van der Waals surface area contributed by atoms with Gasteiger partial charge >= 0.3 is 0 Å². The molecule has 1 aromatic carbocycles. The van der Waals surface area contributed by atoms with Gasteiger partial charge in [-0.25, -0.2) is 9.38 Å². The highest BCUT2D eigenvalue weighted by molar-refractivity contribution is 9.10. The molecule has 3 rings (SSSR count). The number of H-pyrrole nitrogens is 1. The normalized spacial score (nSPS) is 10.9. The van der Waals surface area contributed by atoms with E-state index in [2.05, 4.69) is 68.8 Å². The molecule has 84 valence electrons. The number of aryl methyl sites for hydroxylation is 1. The molecule has 0 atom stereocenters. The van der Waals surface area contributed by atoms with Crippen molar-refractivity contribution in [1.29, 1.82) is 0 Å². The minimum Gasteiger partial charge on any atom is -0.237 e. The van der Waals surface area contributed by atoms with Crippen molar-refractivity contribution >= 4 is 21.6 Å². The maximum absolute atomic E-state index is 3.47. The van der Waals surface area contributed by atoms with Gasteiger partial charge in [0.15, 0.2) is 5.69 Å². The summed E-state index contributed by atoms with van der Waals surface area (Å²) in [7, 11) is 0. The van der Waals surface area contributed by atoms with Gasteiger partial charge in [-0.3, -0.25) is 0 Å². The van der Waals surface area contributed by atoms with E-state index in [9.17, 15) is 0 Å². The first-order chi connectivity index (χ1) is 8.22. The molecule has 0 amide bonds. The minimum atomic E-state index is 1.07.